The van der Waals surface area contributed by atoms with E-state index in [1.807, 2.05) is 18.2 Å². The van der Waals surface area contributed by atoms with Crippen LogP contribution in [0.1, 0.15) is 5.69 Å². The number of hydrogen-bond donors (Lipinski definition) is 1. The molecule has 6 heteroatoms. The largest absolute Gasteiger partial charge is 0.348 e. The van der Waals surface area contributed by atoms with E-state index in [0.717, 1.165) is 10.6 Å². The van der Waals surface area contributed by atoms with Crippen molar-refractivity contribution in [3.63, 3.8) is 0 Å². The molecule has 0 aliphatic carbocycles. The number of nitriles is 1. The maximum atomic E-state index is 11.8. The molecule has 1 aromatic heterocycles. The molecule has 2 rings (SSSR count). The van der Waals surface area contributed by atoms with Crippen LogP contribution in [0, 0.1) is 11.3 Å². The molecular weight excluding hydrogens is 318 g/mol. The van der Waals surface area contributed by atoms with Crippen LogP contribution in [0.2, 0.25) is 5.02 Å². The topological polar surface area (TPSA) is 65.8 Å². The van der Waals surface area contributed by atoms with E-state index in [-0.39, 0.29) is 5.57 Å². The molecule has 0 fully saturated rings. The molecular formula is C16H12ClN3OS. The maximum Gasteiger partial charge on any atom is 0.262 e. The lowest BCUT2D eigenvalue weighted by Crippen LogP contribution is -2.24. The number of rotatable bonds is 5. The van der Waals surface area contributed by atoms with Gasteiger partial charge in [0.15, 0.2) is 0 Å². The fraction of sp³-hybridized carbons (Fsp3) is 0.0625. The predicted molar refractivity (Wildman–Crippen MR) is 89.4 cm³/mol. The molecule has 0 aliphatic rings. The Morgan fingerprint density at radius 1 is 1.45 bits per heavy atom. The summed E-state index contributed by atoms with van der Waals surface area (Å²) >= 11 is 7.29. The Morgan fingerprint density at radius 2 is 2.18 bits per heavy atom. The van der Waals surface area contributed by atoms with Crippen molar-refractivity contribution in [2.75, 3.05) is 6.54 Å². The number of carbonyl (C=O) groups excluding carboxylic acids is 1. The summed E-state index contributed by atoms with van der Waals surface area (Å²) in [5.74, 6) is -0.441. The first kappa shape index (κ1) is 16.0. The highest BCUT2D eigenvalue weighted by atomic mass is 35.5. The summed E-state index contributed by atoms with van der Waals surface area (Å²) in [5.41, 5.74) is 1.51. The van der Waals surface area contributed by atoms with Crippen LogP contribution in [0.3, 0.4) is 0 Å². The van der Waals surface area contributed by atoms with Crippen molar-refractivity contribution in [2.24, 2.45) is 0 Å². The van der Waals surface area contributed by atoms with E-state index in [1.54, 1.807) is 23.6 Å². The van der Waals surface area contributed by atoms with Crippen LogP contribution in [-0.2, 0) is 4.79 Å². The van der Waals surface area contributed by atoms with Gasteiger partial charge in [-0.15, -0.1) is 17.9 Å². The minimum absolute atomic E-state index is 0.00908. The molecule has 110 valence electrons. The van der Waals surface area contributed by atoms with E-state index >= 15 is 0 Å². The van der Waals surface area contributed by atoms with Crippen molar-refractivity contribution in [3.05, 3.63) is 58.6 Å². The van der Waals surface area contributed by atoms with Gasteiger partial charge in [0.25, 0.3) is 5.91 Å². The van der Waals surface area contributed by atoms with Gasteiger partial charge in [-0.3, -0.25) is 4.79 Å². The van der Waals surface area contributed by atoms with Crippen LogP contribution in [0.4, 0.5) is 0 Å². The second-order valence-electron chi connectivity index (χ2n) is 4.25. The Balaban J connectivity index is 2.21. The Labute approximate surface area is 137 Å². The average molecular weight is 330 g/mol. The molecule has 0 atom stereocenters. The van der Waals surface area contributed by atoms with E-state index in [0.29, 0.717) is 17.3 Å². The van der Waals surface area contributed by atoms with Crippen LogP contribution in [0.5, 0.6) is 0 Å². The molecule has 1 aromatic carbocycles. The monoisotopic (exact) mass is 329 g/mol. The zero-order chi connectivity index (χ0) is 15.9. The number of thiazole rings is 1. The standard InChI is InChI=1S/C16H12ClN3OS/c1-2-7-19-15(21)12(9-18)8-14-10-22-16(20-14)11-3-5-13(17)6-4-11/h2-6,8,10H,1,7H2,(H,19,21)/b12-8+. The molecule has 0 spiro atoms. The first-order chi connectivity index (χ1) is 10.6. The quantitative estimate of drug-likeness (QED) is 0.517. The third-order valence-electron chi connectivity index (χ3n) is 2.68. The van der Waals surface area contributed by atoms with E-state index in [9.17, 15) is 4.79 Å². The van der Waals surface area contributed by atoms with Gasteiger partial charge >= 0.3 is 0 Å². The van der Waals surface area contributed by atoms with Gasteiger partial charge in [-0.05, 0) is 18.2 Å². The van der Waals surface area contributed by atoms with Gasteiger partial charge in [0, 0.05) is 22.5 Å². The molecule has 0 bridgehead atoms. The Bertz CT molecular complexity index is 756. The summed E-state index contributed by atoms with van der Waals surface area (Å²) < 4.78 is 0. The van der Waals surface area contributed by atoms with Crippen molar-refractivity contribution in [1.29, 1.82) is 5.26 Å². The lowest BCUT2D eigenvalue weighted by molar-refractivity contribution is -0.116. The summed E-state index contributed by atoms with van der Waals surface area (Å²) in [5, 5.41) is 14.9. The third-order valence-corrected chi connectivity index (χ3v) is 3.84. The number of carbonyl (C=O) groups is 1. The molecule has 1 amide bonds. The van der Waals surface area contributed by atoms with Crippen LogP contribution >= 0.6 is 22.9 Å². The van der Waals surface area contributed by atoms with Crippen molar-refractivity contribution >= 4 is 34.9 Å². The Hall–Kier alpha value is -2.42. The second-order valence-corrected chi connectivity index (χ2v) is 5.55. The molecule has 0 saturated carbocycles. The van der Waals surface area contributed by atoms with Crippen molar-refractivity contribution in [3.8, 4) is 16.6 Å². The number of amides is 1. The maximum absolute atomic E-state index is 11.8. The predicted octanol–water partition coefficient (Wildman–Crippen LogP) is 3.67. The van der Waals surface area contributed by atoms with Crippen LogP contribution in [0.25, 0.3) is 16.6 Å². The summed E-state index contributed by atoms with van der Waals surface area (Å²) in [6.07, 6.45) is 3.02. The van der Waals surface area contributed by atoms with Crippen LogP contribution in [-0.4, -0.2) is 17.4 Å². The highest BCUT2D eigenvalue weighted by molar-refractivity contribution is 7.13. The van der Waals surface area contributed by atoms with Gasteiger partial charge in [-0.2, -0.15) is 5.26 Å². The molecule has 0 aliphatic heterocycles. The minimum Gasteiger partial charge on any atom is -0.348 e. The highest BCUT2D eigenvalue weighted by Crippen LogP contribution is 2.25. The fourth-order valence-corrected chi connectivity index (χ4v) is 2.54. The van der Waals surface area contributed by atoms with E-state index in [2.05, 4.69) is 16.9 Å². The summed E-state index contributed by atoms with van der Waals surface area (Å²) in [6.45, 7) is 3.82. The molecule has 0 radical (unpaired) electrons. The SMILES string of the molecule is C=CCNC(=O)/C(C#N)=C/c1csc(-c2ccc(Cl)cc2)n1. The molecule has 4 nitrogen and oxygen atoms in total. The zero-order valence-corrected chi connectivity index (χ0v) is 13.1. The first-order valence-corrected chi connectivity index (χ1v) is 7.62. The van der Waals surface area contributed by atoms with Gasteiger partial charge in [0.2, 0.25) is 0 Å². The zero-order valence-electron chi connectivity index (χ0n) is 11.5. The van der Waals surface area contributed by atoms with Gasteiger partial charge in [0.1, 0.15) is 16.6 Å². The molecule has 1 heterocycles. The van der Waals surface area contributed by atoms with Gasteiger partial charge in [-0.25, -0.2) is 4.98 Å². The number of nitrogens with one attached hydrogen (secondary N) is 1. The van der Waals surface area contributed by atoms with Crippen molar-refractivity contribution < 1.29 is 4.79 Å². The molecule has 1 N–H and O–H groups in total. The summed E-state index contributed by atoms with van der Waals surface area (Å²) in [4.78, 5) is 16.2. The molecule has 2 aromatic rings. The summed E-state index contributed by atoms with van der Waals surface area (Å²) in [6, 6.07) is 9.20. The Morgan fingerprint density at radius 3 is 2.82 bits per heavy atom. The number of aromatic nitrogens is 1. The van der Waals surface area contributed by atoms with Crippen molar-refractivity contribution in [2.45, 2.75) is 0 Å². The number of hydrogen-bond acceptors (Lipinski definition) is 4. The van der Waals surface area contributed by atoms with E-state index < -0.39 is 5.91 Å². The van der Waals surface area contributed by atoms with Crippen molar-refractivity contribution in [1.82, 2.24) is 10.3 Å². The summed E-state index contributed by atoms with van der Waals surface area (Å²) in [7, 11) is 0. The number of halogens is 1. The smallest absolute Gasteiger partial charge is 0.262 e. The number of nitrogens with zero attached hydrogens (tertiary/aromatic N) is 2. The highest BCUT2D eigenvalue weighted by Gasteiger charge is 2.10. The first-order valence-electron chi connectivity index (χ1n) is 6.36. The second kappa shape index (κ2) is 7.55. The molecule has 0 saturated heterocycles. The van der Waals surface area contributed by atoms with E-state index in [1.165, 1.54) is 17.4 Å². The molecule has 22 heavy (non-hydrogen) atoms. The molecule has 0 unspecified atom stereocenters. The van der Waals surface area contributed by atoms with Gasteiger partial charge in [0.05, 0.1) is 5.69 Å². The van der Waals surface area contributed by atoms with E-state index in [4.69, 9.17) is 16.9 Å². The van der Waals surface area contributed by atoms with Gasteiger partial charge < -0.3 is 5.32 Å². The fourth-order valence-electron chi connectivity index (χ4n) is 1.63. The lowest BCUT2D eigenvalue weighted by atomic mass is 10.2. The lowest BCUT2D eigenvalue weighted by Gasteiger charge is -1.99. The minimum atomic E-state index is -0.441. The Kier molecular flexibility index (Phi) is 5.48. The average Bonchev–Trinajstić information content (AvgIpc) is 2.99. The van der Waals surface area contributed by atoms with Crippen LogP contribution in [0.15, 0.2) is 47.9 Å². The third kappa shape index (κ3) is 4.04. The van der Waals surface area contributed by atoms with Crippen LogP contribution < -0.4 is 5.32 Å². The normalized spacial score (nSPS) is 10.8. The van der Waals surface area contributed by atoms with Gasteiger partial charge in [-0.1, -0.05) is 29.8 Å². The number of benzene rings is 1.